The first kappa shape index (κ1) is 14.9. The van der Waals surface area contributed by atoms with Gasteiger partial charge in [0.15, 0.2) is 6.10 Å². The molecule has 0 aliphatic rings. The van der Waals surface area contributed by atoms with Crippen LogP contribution < -0.4 is 5.32 Å². The second-order valence-electron chi connectivity index (χ2n) is 3.99. The first-order chi connectivity index (χ1) is 10.0. The fourth-order valence-corrected chi connectivity index (χ4v) is 1.46. The Balaban J connectivity index is 1.84. The van der Waals surface area contributed by atoms with Gasteiger partial charge in [-0.05, 0) is 29.5 Å². The summed E-state index contributed by atoms with van der Waals surface area (Å²) in [6.45, 7) is 1.27. The summed E-state index contributed by atoms with van der Waals surface area (Å²) in [5.74, 6) is -0.823. The number of halogens is 1. The van der Waals surface area contributed by atoms with E-state index in [0.29, 0.717) is 10.8 Å². The summed E-state index contributed by atoms with van der Waals surface area (Å²) in [7, 11) is 0. The summed E-state index contributed by atoms with van der Waals surface area (Å²) >= 11 is 5.68. The summed E-state index contributed by atoms with van der Waals surface area (Å²) < 4.78 is 6.15. The molecule has 0 fully saturated rings. The van der Waals surface area contributed by atoms with Crippen LogP contribution in [0.2, 0.25) is 5.02 Å². The molecule has 0 radical (unpaired) electrons. The van der Waals surface area contributed by atoms with Crippen LogP contribution in [0.1, 0.15) is 6.92 Å². The van der Waals surface area contributed by atoms with Gasteiger partial charge < -0.3 is 10.1 Å². The second kappa shape index (κ2) is 6.75. The minimum atomic E-state index is -0.980. The zero-order chi connectivity index (χ0) is 15.2. The topological polar surface area (TPSA) is 112 Å². The molecule has 0 saturated heterocycles. The molecule has 0 spiro atoms. The number of anilines is 1. The van der Waals surface area contributed by atoms with Crippen molar-refractivity contribution < 1.29 is 14.3 Å². The maximum Gasteiger partial charge on any atom is 0.328 e. The van der Waals surface area contributed by atoms with Crippen molar-refractivity contribution in [2.24, 2.45) is 0 Å². The van der Waals surface area contributed by atoms with Crippen LogP contribution >= 0.6 is 11.6 Å². The number of esters is 1. The number of carbonyl (C=O) groups is 2. The van der Waals surface area contributed by atoms with E-state index >= 15 is 0 Å². The summed E-state index contributed by atoms with van der Waals surface area (Å²) in [6, 6.07) is 3.12. The maximum absolute atomic E-state index is 11.8. The van der Waals surface area contributed by atoms with Crippen molar-refractivity contribution in [3.8, 4) is 0 Å². The monoisotopic (exact) mass is 310 g/mol. The molecule has 2 heterocycles. The van der Waals surface area contributed by atoms with Crippen LogP contribution in [0.5, 0.6) is 0 Å². The average molecular weight is 311 g/mol. The van der Waals surface area contributed by atoms with Gasteiger partial charge in [-0.25, -0.2) is 9.67 Å². The van der Waals surface area contributed by atoms with Gasteiger partial charge in [0, 0.05) is 6.20 Å². The van der Waals surface area contributed by atoms with Crippen LogP contribution in [0.3, 0.4) is 0 Å². The molecule has 0 aliphatic heterocycles. The van der Waals surface area contributed by atoms with Crippen molar-refractivity contribution in [2.45, 2.75) is 19.6 Å². The summed E-state index contributed by atoms with van der Waals surface area (Å²) in [5, 5.41) is 13.2. The Labute approximate surface area is 124 Å². The third kappa shape index (κ3) is 4.49. The van der Waals surface area contributed by atoms with E-state index < -0.39 is 18.0 Å². The molecule has 21 heavy (non-hydrogen) atoms. The maximum atomic E-state index is 11.8. The van der Waals surface area contributed by atoms with Crippen LogP contribution in [-0.2, 0) is 20.9 Å². The average Bonchev–Trinajstić information content (AvgIpc) is 2.94. The summed E-state index contributed by atoms with van der Waals surface area (Å²) in [5.41, 5.74) is 0. The number of carbonyl (C=O) groups excluding carboxylic acids is 2. The van der Waals surface area contributed by atoms with Crippen molar-refractivity contribution >= 4 is 29.3 Å². The lowest BCUT2D eigenvalue weighted by Crippen LogP contribution is -2.31. The lowest BCUT2D eigenvalue weighted by Gasteiger charge is -2.12. The van der Waals surface area contributed by atoms with E-state index in [-0.39, 0.29) is 6.54 Å². The van der Waals surface area contributed by atoms with Crippen LogP contribution in [0.15, 0.2) is 24.7 Å². The lowest BCUT2D eigenvalue weighted by atomic mass is 10.3. The van der Waals surface area contributed by atoms with E-state index in [1.54, 1.807) is 6.07 Å². The molecule has 9 nitrogen and oxygen atoms in total. The largest absolute Gasteiger partial charge is 0.451 e. The second-order valence-corrected chi connectivity index (χ2v) is 4.43. The van der Waals surface area contributed by atoms with Gasteiger partial charge in [-0.2, -0.15) is 0 Å². The number of ether oxygens (including phenoxy) is 1. The van der Waals surface area contributed by atoms with Crippen molar-refractivity contribution in [1.82, 2.24) is 25.2 Å². The van der Waals surface area contributed by atoms with Crippen molar-refractivity contribution in [2.75, 3.05) is 5.32 Å². The molecule has 0 aliphatic carbocycles. The molecule has 2 rings (SSSR count). The van der Waals surface area contributed by atoms with Crippen LogP contribution in [0.25, 0.3) is 0 Å². The zero-order valence-electron chi connectivity index (χ0n) is 10.9. The Hall–Kier alpha value is -2.55. The highest BCUT2D eigenvalue weighted by atomic mass is 35.5. The molecule has 0 aromatic carbocycles. The fraction of sp³-hybridized carbons (Fsp3) is 0.273. The van der Waals surface area contributed by atoms with Crippen molar-refractivity contribution in [3.05, 3.63) is 29.7 Å². The molecular formula is C11H11ClN6O3. The molecule has 0 unspecified atom stereocenters. The Morgan fingerprint density at radius 1 is 1.48 bits per heavy atom. The highest BCUT2D eigenvalue weighted by Gasteiger charge is 2.18. The fourth-order valence-electron chi connectivity index (χ4n) is 1.35. The van der Waals surface area contributed by atoms with E-state index in [1.807, 2.05) is 0 Å². The molecule has 2 aromatic heterocycles. The van der Waals surface area contributed by atoms with Gasteiger partial charge in [0.2, 0.25) is 0 Å². The van der Waals surface area contributed by atoms with E-state index in [0.717, 1.165) is 0 Å². The summed E-state index contributed by atoms with van der Waals surface area (Å²) in [4.78, 5) is 27.3. The molecule has 1 atom stereocenters. The molecule has 1 amide bonds. The van der Waals surface area contributed by atoms with E-state index in [1.165, 1.54) is 30.2 Å². The SMILES string of the molecule is C[C@H](OC(=O)Cn1cnnn1)C(=O)Nc1ccc(Cl)cn1. The lowest BCUT2D eigenvalue weighted by molar-refractivity contribution is -0.154. The van der Waals surface area contributed by atoms with Gasteiger partial charge in [0.05, 0.1) is 5.02 Å². The molecule has 10 heteroatoms. The van der Waals surface area contributed by atoms with Crippen molar-refractivity contribution in [1.29, 1.82) is 0 Å². The predicted molar refractivity (Wildman–Crippen MR) is 71.2 cm³/mol. The number of rotatable bonds is 5. The quantitative estimate of drug-likeness (QED) is 0.790. The van der Waals surface area contributed by atoms with Gasteiger partial charge in [-0.3, -0.25) is 9.59 Å². The predicted octanol–water partition coefficient (Wildman–Crippen LogP) is 0.292. The Morgan fingerprint density at radius 2 is 2.29 bits per heavy atom. The van der Waals surface area contributed by atoms with Gasteiger partial charge in [0.25, 0.3) is 5.91 Å². The van der Waals surface area contributed by atoms with Gasteiger partial charge in [-0.15, -0.1) is 5.10 Å². The Morgan fingerprint density at radius 3 is 2.90 bits per heavy atom. The van der Waals surface area contributed by atoms with Crippen LogP contribution in [0.4, 0.5) is 5.82 Å². The molecular weight excluding hydrogens is 300 g/mol. The standard InChI is InChI=1S/C11H11ClN6O3/c1-7(21-10(19)5-18-6-14-16-17-18)11(20)15-9-3-2-8(12)4-13-9/h2-4,6-7H,5H2,1H3,(H,13,15,20)/t7-/m0/s1. The number of aromatic nitrogens is 5. The molecule has 2 aromatic rings. The minimum absolute atomic E-state index is 0.177. The summed E-state index contributed by atoms with van der Waals surface area (Å²) in [6.07, 6.45) is 1.68. The molecule has 1 N–H and O–H groups in total. The van der Waals surface area contributed by atoms with E-state index in [4.69, 9.17) is 16.3 Å². The minimum Gasteiger partial charge on any atom is -0.451 e. The van der Waals surface area contributed by atoms with Crippen LogP contribution in [-0.4, -0.2) is 43.2 Å². The normalized spacial score (nSPS) is 11.7. The number of nitrogens with zero attached hydrogens (tertiary/aromatic N) is 5. The zero-order valence-corrected chi connectivity index (χ0v) is 11.7. The third-order valence-corrected chi connectivity index (χ3v) is 2.56. The first-order valence-corrected chi connectivity index (χ1v) is 6.25. The molecule has 0 saturated carbocycles. The molecule has 0 bridgehead atoms. The first-order valence-electron chi connectivity index (χ1n) is 5.87. The number of pyridine rings is 1. The highest BCUT2D eigenvalue weighted by molar-refractivity contribution is 6.30. The Bertz CT molecular complexity index is 615. The Kier molecular flexibility index (Phi) is 4.77. The number of amides is 1. The van der Waals surface area contributed by atoms with E-state index in [2.05, 4.69) is 25.8 Å². The number of tetrazole rings is 1. The van der Waals surface area contributed by atoms with Crippen LogP contribution in [0, 0.1) is 0 Å². The van der Waals surface area contributed by atoms with Crippen molar-refractivity contribution in [3.63, 3.8) is 0 Å². The number of hydrogen-bond donors (Lipinski definition) is 1. The van der Waals surface area contributed by atoms with Gasteiger partial charge in [0.1, 0.15) is 18.7 Å². The number of hydrogen-bond acceptors (Lipinski definition) is 7. The van der Waals surface area contributed by atoms with Gasteiger partial charge >= 0.3 is 5.97 Å². The highest BCUT2D eigenvalue weighted by Crippen LogP contribution is 2.10. The smallest absolute Gasteiger partial charge is 0.328 e. The van der Waals surface area contributed by atoms with E-state index in [9.17, 15) is 9.59 Å². The number of nitrogens with one attached hydrogen (secondary N) is 1. The third-order valence-electron chi connectivity index (χ3n) is 2.34. The van der Waals surface area contributed by atoms with Gasteiger partial charge in [-0.1, -0.05) is 11.6 Å². The molecule has 110 valence electrons.